The number of thiophene rings is 1. The van der Waals surface area contributed by atoms with Crippen LogP contribution in [-0.4, -0.2) is 28.3 Å². The number of para-hydroxylation sites is 1. The second-order valence-corrected chi connectivity index (χ2v) is 10.4. The molecule has 0 aliphatic carbocycles. The fraction of sp³-hybridized carbons (Fsp3) is 0.280. The van der Waals surface area contributed by atoms with Crippen molar-refractivity contribution in [3.63, 3.8) is 0 Å². The SMILES string of the molecule is CC(C)N1CCc2c(sc(CC(=O)c3ccc(F)cc3)c2-c2nc3ccccc3s2)C1.Cl. The van der Waals surface area contributed by atoms with E-state index in [-0.39, 0.29) is 24.0 Å². The third-order valence-corrected chi connectivity index (χ3v) is 8.16. The largest absolute Gasteiger partial charge is 0.296 e. The second-order valence-electron chi connectivity index (χ2n) is 8.21. The van der Waals surface area contributed by atoms with Gasteiger partial charge in [-0.3, -0.25) is 9.69 Å². The number of Topliss-reactive ketones (excluding diaryl/α,β-unsaturated/α-hetero) is 1. The van der Waals surface area contributed by atoms with E-state index in [0.29, 0.717) is 18.0 Å². The van der Waals surface area contributed by atoms with Crippen LogP contribution in [0.15, 0.2) is 48.5 Å². The van der Waals surface area contributed by atoms with Gasteiger partial charge in [0, 0.05) is 46.4 Å². The van der Waals surface area contributed by atoms with Crippen molar-refractivity contribution in [1.82, 2.24) is 9.88 Å². The van der Waals surface area contributed by atoms with Gasteiger partial charge in [-0.2, -0.15) is 0 Å². The Morgan fingerprint density at radius 1 is 1.12 bits per heavy atom. The molecule has 0 atom stereocenters. The molecule has 0 spiro atoms. The van der Waals surface area contributed by atoms with E-state index < -0.39 is 0 Å². The Morgan fingerprint density at radius 2 is 1.88 bits per heavy atom. The number of hydrogen-bond acceptors (Lipinski definition) is 5. The Labute approximate surface area is 201 Å². The fourth-order valence-electron chi connectivity index (χ4n) is 4.16. The van der Waals surface area contributed by atoms with E-state index in [0.717, 1.165) is 45.2 Å². The van der Waals surface area contributed by atoms with Gasteiger partial charge in [0.15, 0.2) is 5.78 Å². The summed E-state index contributed by atoms with van der Waals surface area (Å²) in [5, 5.41) is 0.999. The van der Waals surface area contributed by atoms with E-state index in [1.54, 1.807) is 34.8 Å². The van der Waals surface area contributed by atoms with Gasteiger partial charge < -0.3 is 0 Å². The number of nitrogens with zero attached hydrogens (tertiary/aromatic N) is 2. The zero-order valence-corrected chi connectivity index (χ0v) is 20.4. The predicted octanol–water partition coefficient (Wildman–Crippen LogP) is 6.78. The van der Waals surface area contributed by atoms with Crippen molar-refractivity contribution in [2.45, 2.75) is 39.3 Å². The molecule has 0 saturated heterocycles. The van der Waals surface area contributed by atoms with E-state index in [1.807, 2.05) is 18.2 Å². The number of rotatable bonds is 5. The summed E-state index contributed by atoms with van der Waals surface area (Å²) in [6.07, 6.45) is 1.29. The lowest BCUT2D eigenvalue weighted by atomic mass is 9.98. The van der Waals surface area contributed by atoms with Crippen LogP contribution in [-0.2, 0) is 19.4 Å². The normalized spacial score (nSPS) is 13.9. The Bertz CT molecular complexity index is 1230. The van der Waals surface area contributed by atoms with Crippen LogP contribution in [0.4, 0.5) is 4.39 Å². The lowest BCUT2D eigenvalue weighted by Gasteiger charge is -2.30. The van der Waals surface area contributed by atoms with Crippen LogP contribution in [0, 0.1) is 5.82 Å². The van der Waals surface area contributed by atoms with Crippen LogP contribution in [0.1, 0.15) is 39.5 Å². The fourth-order valence-corrected chi connectivity index (χ4v) is 6.67. The molecule has 1 aliphatic heterocycles. The molecule has 0 saturated carbocycles. The van der Waals surface area contributed by atoms with Crippen molar-refractivity contribution < 1.29 is 9.18 Å². The molecule has 0 bridgehead atoms. The summed E-state index contributed by atoms with van der Waals surface area (Å²) in [5.41, 5.74) is 4.05. The number of thiazole rings is 1. The summed E-state index contributed by atoms with van der Waals surface area (Å²) in [7, 11) is 0. The maximum atomic E-state index is 13.3. The molecular weight excluding hydrogens is 463 g/mol. The molecule has 0 unspecified atom stereocenters. The van der Waals surface area contributed by atoms with Crippen molar-refractivity contribution in [2.75, 3.05) is 6.54 Å². The third-order valence-electron chi connectivity index (χ3n) is 5.88. The molecule has 4 aromatic rings. The molecule has 3 nitrogen and oxygen atoms in total. The highest BCUT2D eigenvalue weighted by Crippen LogP contribution is 2.43. The highest BCUT2D eigenvalue weighted by molar-refractivity contribution is 7.22. The van der Waals surface area contributed by atoms with Gasteiger partial charge in [-0.1, -0.05) is 12.1 Å². The molecule has 0 fully saturated rings. The molecule has 3 heterocycles. The lowest BCUT2D eigenvalue weighted by molar-refractivity contribution is 0.0994. The quantitative estimate of drug-likeness (QED) is 0.291. The second kappa shape index (κ2) is 9.40. The van der Waals surface area contributed by atoms with E-state index in [2.05, 4.69) is 24.8 Å². The molecule has 2 aromatic carbocycles. The van der Waals surface area contributed by atoms with Crippen LogP contribution < -0.4 is 0 Å². The van der Waals surface area contributed by atoms with Crippen LogP contribution in [0.3, 0.4) is 0 Å². The Hall–Kier alpha value is -2.12. The first-order chi connectivity index (χ1) is 15.0. The summed E-state index contributed by atoms with van der Waals surface area (Å²) >= 11 is 3.44. The zero-order chi connectivity index (χ0) is 21.5. The van der Waals surface area contributed by atoms with Gasteiger partial charge in [0.25, 0.3) is 0 Å². The van der Waals surface area contributed by atoms with Crippen molar-refractivity contribution in [2.24, 2.45) is 0 Å². The number of benzene rings is 2. The average molecular weight is 487 g/mol. The Kier molecular flexibility index (Phi) is 6.77. The molecule has 0 N–H and O–H groups in total. The van der Waals surface area contributed by atoms with Gasteiger partial charge >= 0.3 is 0 Å². The number of carbonyl (C=O) groups is 1. The third kappa shape index (κ3) is 4.37. The van der Waals surface area contributed by atoms with Crippen molar-refractivity contribution in [1.29, 1.82) is 0 Å². The number of hydrogen-bond donors (Lipinski definition) is 0. The Balaban J connectivity index is 0.00000245. The summed E-state index contributed by atoms with van der Waals surface area (Å²) in [6, 6.07) is 14.5. The molecule has 0 radical (unpaired) electrons. The first-order valence-electron chi connectivity index (χ1n) is 10.5. The number of halogens is 2. The van der Waals surface area contributed by atoms with E-state index >= 15 is 0 Å². The van der Waals surface area contributed by atoms with Crippen LogP contribution >= 0.6 is 35.1 Å². The van der Waals surface area contributed by atoms with Crippen LogP contribution in [0.25, 0.3) is 20.8 Å². The van der Waals surface area contributed by atoms with Crippen LogP contribution in [0.2, 0.25) is 0 Å². The summed E-state index contributed by atoms with van der Waals surface area (Å²) < 4.78 is 14.5. The summed E-state index contributed by atoms with van der Waals surface area (Å²) in [5.74, 6) is -0.311. The number of fused-ring (bicyclic) bond motifs is 2. The summed E-state index contributed by atoms with van der Waals surface area (Å²) in [6.45, 7) is 6.39. The van der Waals surface area contributed by atoms with Crippen molar-refractivity contribution in [3.8, 4) is 10.6 Å². The summed E-state index contributed by atoms with van der Waals surface area (Å²) in [4.78, 5) is 22.8. The van der Waals surface area contributed by atoms with Gasteiger partial charge in [-0.05, 0) is 62.2 Å². The Morgan fingerprint density at radius 3 is 2.59 bits per heavy atom. The lowest BCUT2D eigenvalue weighted by Crippen LogP contribution is -2.35. The minimum atomic E-state index is -0.327. The minimum absolute atomic E-state index is 0. The minimum Gasteiger partial charge on any atom is -0.296 e. The van der Waals surface area contributed by atoms with Crippen molar-refractivity contribution >= 4 is 51.1 Å². The molecule has 1 aliphatic rings. The van der Waals surface area contributed by atoms with Crippen LogP contribution in [0.5, 0.6) is 0 Å². The molecule has 7 heteroatoms. The molecule has 2 aromatic heterocycles. The molecule has 5 rings (SSSR count). The highest BCUT2D eigenvalue weighted by atomic mass is 35.5. The standard InChI is InChI=1S/C25H23FN2OS2.ClH/c1-15(2)28-12-11-18-23(14-28)30-22(13-20(29)16-7-9-17(26)10-8-16)24(18)25-27-19-5-3-4-6-21(19)31-25;/h3-10,15H,11-14H2,1-2H3;1H. The maximum absolute atomic E-state index is 13.3. The smallest absolute Gasteiger partial charge is 0.168 e. The van der Waals surface area contributed by atoms with E-state index in [9.17, 15) is 9.18 Å². The van der Waals surface area contributed by atoms with E-state index in [4.69, 9.17) is 4.98 Å². The zero-order valence-electron chi connectivity index (χ0n) is 17.9. The molecule has 32 heavy (non-hydrogen) atoms. The van der Waals surface area contributed by atoms with Gasteiger partial charge in [0.05, 0.1) is 10.2 Å². The molecule has 0 amide bonds. The maximum Gasteiger partial charge on any atom is 0.168 e. The average Bonchev–Trinajstić information content (AvgIpc) is 3.33. The first kappa shape index (κ1) is 23.1. The van der Waals surface area contributed by atoms with E-state index in [1.165, 1.54) is 22.6 Å². The monoisotopic (exact) mass is 486 g/mol. The highest BCUT2D eigenvalue weighted by Gasteiger charge is 2.28. The van der Waals surface area contributed by atoms with Crippen molar-refractivity contribution in [3.05, 3.63) is 75.2 Å². The number of carbonyl (C=O) groups excluding carboxylic acids is 1. The van der Waals surface area contributed by atoms with Gasteiger partial charge in [0.1, 0.15) is 10.8 Å². The van der Waals surface area contributed by atoms with Gasteiger partial charge in [0.2, 0.25) is 0 Å². The van der Waals surface area contributed by atoms with Gasteiger partial charge in [-0.15, -0.1) is 35.1 Å². The first-order valence-corrected chi connectivity index (χ1v) is 12.1. The number of aromatic nitrogens is 1. The van der Waals surface area contributed by atoms with Gasteiger partial charge in [-0.25, -0.2) is 9.37 Å². The molecule has 166 valence electrons. The topological polar surface area (TPSA) is 33.2 Å². The molecular formula is C25H24ClFN2OS2. The predicted molar refractivity (Wildman–Crippen MR) is 134 cm³/mol. The number of ketones is 1.